The van der Waals surface area contributed by atoms with Gasteiger partial charge < -0.3 is 14.6 Å². The number of amides is 1. The summed E-state index contributed by atoms with van der Waals surface area (Å²) in [4.78, 5) is 22.0. The van der Waals surface area contributed by atoms with Gasteiger partial charge in [0.1, 0.15) is 5.75 Å². The number of ether oxygens (including phenoxy) is 2. The lowest BCUT2D eigenvalue weighted by Gasteiger charge is -2.07. The van der Waals surface area contributed by atoms with Crippen LogP contribution in [0.2, 0.25) is 0 Å². The summed E-state index contributed by atoms with van der Waals surface area (Å²) >= 11 is 0. The number of esters is 1. The molecular formula is C10H11NO5. The summed E-state index contributed by atoms with van der Waals surface area (Å²) in [7, 11) is 2.44. The molecule has 0 aliphatic rings. The van der Waals surface area contributed by atoms with Gasteiger partial charge in [0, 0.05) is 0 Å². The van der Waals surface area contributed by atoms with Crippen molar-refractivity contribution in [3.8, 4) is 5.75 Å². The third-order valence-electron chi connectivity index (χ3n) is 1.84. The number of rotatable bonds is 2. The Balaban J connectivity index is 2.91. The standard InChI is InChI=1S/C10H11NO5/c1-15-9(13)6-3-4-7(8(12)5-6)11-10(14)16-2/h3-5,12H,1-2H3,(H,11,14). The Morgan fingerprint density at radius 1 is 1.25 bits per heavy atom. The van der Waals surface area contributed by atoms with E-state index in [0.29, 0.717) is 0 Å². The van der Waals surface area contributed by atoms with Gasteiger partial charge in [0.05, 0.1) is 25.5 Å². The number of hydrogen-bond acceptors (Lipinski definition) is 5. The van der Waals surface area contributed by atoms with Crippen molar-refractivity contribution in [3.63, 3.8) is 0 Å². The van der Waals surface area contributed by atoms with Crippen LogP contribution in [0.4, 0.5) is 10.5 Å². The van der Waals surface area contributed by atoms with Gasteiger partial charge in [-0.3, -0.25) is 5.32 Å². The van der Waals surface area contributed by atoms with Gasteiger partial charge in [-0.1, -0.05) is 0 Å². The number of aromatic hydroxyl groups is 1. The van der Waals surface area contributed by atoms with Crippen LogP contribution >= 0.6 is 0 Å². The van der Waals surface area contributed by atoms with Gasteiger partial charge in [0.2, 0.25) is 0 Å². The van der Waals surface area contributed by atoms with E-state index >= 15 is 0 Å². The maximum Gasteiger partial charge on any atom is 0.411 e. The first-order valence-electron chi connectivity index (χ1n) is 4.34. The van der Waals surface area contributed by atoms with Crippen molar-refractivity contribution in [2.45, 2.75) is 0 Å². The quantitative estimate of drug-likeness (QED) is 0.586. The summed E-state index contributed by atoms with van der Waals surface area (Å²) in [5.74, 6) is -0.812. The zero-order chi connectivity index (χ0) is 12.1. The maximum absolute atomic E-state index is 11.1. The van der Waals surface area contributed by atoms with Crippen LogP contribution in [0.5, 0.6) is 5.75 Å². The Hall–Kier alpha value is -2.24. The fraction of sp³-hybridized carbons (Fsp3) is 0.200. The van der Waals surface area contributed by atoms with Crippen molar-refractivity contribution in [3.05, 3.63) is 23.8 Å². The molecule has 0 radical (unpaired) electrons. The normalized spacial score (nSPS) is 9.38. The molecule has 0 unspecified atom stereocenters. The fourth-order valence-corrected chi connectivity index (χ4v) is 1.04. The van der Waals surface area contributed by atoms with E-state index < -0.39 is 12.1 Å². The minimum absolute atomic E-state index is 0.152. The molecule has 1 aromatic carbocycles. The second kappa shape index (κ2) is 5.01. The highest BCUT2D eigenvalue weighted by molar-refractivity contribution is 5.92. The highest BCUT2D eigenvalue weighted by Crippen LogP contribution is 2.24. The van der Waals surface area contributed by atoms with Crippen molar-refractivity contribution < 1.29 is 24.2 Å². The van der Waals surface area contributed by atoms with Crippen LogP contribution in [-0.2, 0) is 9.47 Å². The number of hydrogen-bond donors (Lipinski definition) is 2. The lowest BCUT2D eigenvalue weighted by molar-refractivity contribution is 0.0600. The Kier molecular flexibility index (Phi) is 3.71. The van der Waals surface area contributed by atoms with Gasteiger partial charge in [-0.25, -0.2) is 9.59 Å². The van der Waals surface area contributed by atoms with E-state index in [9.17, 15) is 14.7 Å². The van der Waals surface area contributed by atoms with Gasteiger partial charge in [-0.05, 0) is 18.2 Å². The summed E-state index contributed by atoms with van der Waals surface area (Å²) in [6, 6.07) is 3.98. The molecule has 0 atom stereocenters. The topological polar surface area (TPSA) is 84.9 Å². The average Bonchev–Trinajstić information content (AvgIpc) is 2.30. The lowest BCUT2D eigenvalue weighted by atomic mass is 10.2. The molecule has 6 nitrogen and oxygen atoms in total. The zero-order valence-electron chi connectivity index (χ0n) is 8.81. The number of nitrogens with one attached hydrogen (secondary N) is 1. The van der Waals surface area contributed by atoms with Crippen LogP contribution in [0.25, 0.3) is 0 Å². The molecule has 86 valence electrons. The van der Waals surface area contributed by atoms with Gasteiger partial charge >= 0.3 is 12.1 Å². The van der Waals surface area contributed by atoms with E-state index in [1.54, 1.807) is 0 Å². The molecule has 0 aromatic heterocycles. The molecule has 0 bridgehead atoms. The first kappa shape index (κ1) is 11.8. The molecule has 1 aromatic rings. The van der Waals surface area contributed by atoms with E-state index in [4.69, 9.17) is 0 Å². The molecule has 16 heavy (non-hydrogen) atoms. The highest BCUT2D eigenvalue weighted by atomic mass is 16.5. The molecule has 2 N–H and O–H groups in total. The van der Waals surface area contributed by atoms with Crippen LogP contribution in [0, 0.1) is 0 Å². The van der Waals surface area contributed by atoms with Crippen molar-refractivity contribution in [2.24, 2.45) is 0 Å². The number of phenols is 1. The molecule has 0 heterocycles. The molecule has 0 saturated heterocycles. The summed E-state index contributed by atoms with van der Waals surface area (Å²) in [5, 5.41) is 11.8. The molecular weight excluding hydrogens is 214 g/mol. The number of methoxy groups -OCH3 is 2. The van der Waals surface area contributed by atoms with Crippen LogP contribution < -0.4 is 5.32 Å². The summed E-state index contributed by atoms with van der Waals surface area (Å²) in [6.45, 7) is 0. The Bertz CT molecular complexity index is 416. The fourth-order valence-electron chi connectivity index (χ4n) is 1.04. The largest absolute Gasteiger partial charge is 0.506 e. The summed E-state index contributed by atoms with van der Waals surface area (Å²) < 4.78 is 8.83. The monoisotopic (exact) mass is 225 g/mol. The van der Waals surface area contributed by atoms with Crippen molar-refractivity contribution in [1.82, 2.24) is 0 Å². The van der Waals surface area contributed by atoms with E-state index in [-0.39, 0.29) is 17.0 Å². The van der Waals surface area contributed by atoms with E-state index in [2.05, 4.69) is 14.8 Å². The Morgan fingerprint density at radius 3 is 2.44 bits per heavy atom. The lowest BCUT2D eigenvalue weighted by Crippen LogP contribution is -2.11. The second-order valence-corrected chi connectivity index (χ2v) is 2.84. The Morgan fingerprint density at radius 2 is 1.94 bits per heavy atom. The van der Waals surface area contributed by atoms with Gasteiger partial charge in [-0.15, -0.1) is 0 Å². The second-order valence-electron chi connectivity index (χ2n) is 2.84. The molecule has 6 heteroatoms. The summed E-state index contributed by atoms with van der Waals surface area (Å²) in [6.07, 6.45) is -0.707. The van der Waals surface area contributed by atoms with Crippen LogP contribution in [-0.4, -0.2) is 31.4 Å². The molecule has 0 aliphatic heterocycles. The minimum atomic E-state index is -0.707. The van der Waals surface area contributed by atoms with Crippen LogP contribution in [0.15, 0.2) is 18.2 Å². The molecule has 0 spiro atoms. The number of carbonyl (C=O) groups is 2. The number of carbonyl (C=O) groups excluding carboxylic acids is 2. The third-order valence-corrected chi connectivity index (χ3v) is 1.84. The maximum atomic E-state index is 11.1. The van der Waals surface area contributed by atoms with Gasteiger partial charge in [-0.2, -0.15) is 0 Å². The summed E-state index contributed by atoms with van der Waals surface area (Å²) in [5.41, 5.74) is 0.343. The average molecular weight is 225 g/mol. The molecule has 0 fully saturated rings. The van der Waals surface area contributed by atoms with E-state index in [1.165, 1.54) is 32.4 Å². The predicted octanol–water partition coefficient (Wildman–Crippen LogP) is 1.36. The van der Waals surface area contributed by atoms with E-state index in [0.717, 1.165) is 0 Å². The Labute approximate surface area is 91.8 Å². The predicted molar refractivity (Wildman–Crippen MR) is 55.5 cm³/mol. The highest BCUT2D eigenvalue weighted by Gasteiger charge is 2.10. The van der Waals surface area contributed by atoms with Gasteiger partial charge in [0.25, 0.3) is 0 Å². The first-order chi connectivity index (χ1) is 7.58. The van der Waals surface area contributed by atoms with E-state index in [1.807, 2.05) is 0 Å². The smallest absolute Gasteiger partial charge is 0.411 e. The zero-order valence-corrected chi connectivity index (χ0v) is 8.81. The number of benzene rings is 1. The minimum Gasteiger partial charge on any atom is -0.506 e. The van der Waals surface area contributed by atoms with Crippen molar-refractivity contribution in [1.29, 1.82) is 0 Å². The molecule has 0 saturated carbocycles. The van der Waals surface area contributed by atoms with Crippen molar-refractivity contribution in [2.75, 3.05) is 19.5 Å². The van der Waals surface area contributed by atoms with Crippen LogP contribution in [0.1, 0.15) is 10.4 Å². The van der Waals surface area contributed by atoms with Crippen LogP contribution in [0.3, 0.4) is 0 Å². The van der Waals surface area contributed by atoms with Gasteiger partial charge in [0.15, 0.2) is 0 Å². The molecule has 1 amide bonds. The SMILES string of the molecule is COC(=O)Nc1ccc(C(=O)OC)cc1O. The first-order valence-corrected chi connectivity index (χ1v) is 4.34. The molecule has 0 aliphatic carbocycles. The third kappa shape index (κ3) is 2.63. The van der Waals surface area contributed by atoms with Crippen molar-refractivity contribution >= 4 is 17.7 Å². The molecule has 1 rings (SSSR count). The number of phenolic OH excluding ortho intramolecular Hbond substituents is 1. The number of anilines is 1.